The second kappa shape index (κ2) is 3.21. The monoisotopic (exact) mass is 128 g/mol. The Bertz CT molecular complexity index is 128. The van der Waals surface area contributed by atoms with Crippen LogP contribution in [0.4, 0.5) is 0 Å². The first-order chi connectivity index (χ1) is 3.68. The van der Waals surface area contributed by atoms with Crippen molar-refractivity contribution in [1.29, 1.82) is 0 Å². The van der Waals surface area contributed by atoms with Gasteiger partial charge in [-0.25, -0.2) is 4.79 Å². The van der Waals surface area contributed by atoms with E-state index < -0.39 is 0 Å². The van der Waals surface area contributed by atoms with Gasteiger partial charge in [0.05, 0.1) is 6.26 Å². The normalized spacial score (nSPS) is 8.00. The molecule has 0 fully saturated rings. The van der Waals surface area contributed by atoms with E-state index in [4.69, 9.17) is 0 Å². The van der Waals surface area contributed by atoms with Gasteiger partial charge < -0.3 is 4.74 Å². The molecule has 0 aliphatic heterocycles. The van der Waals surface area contributed by atoms with Gasteiger partial charge in [0.25, 0.3) is 0 Å². The summed E-state index contributed by atoms with van der Waals surface area (Å²) in [4.78, 5) is 10.4. The van der Waals surface area contributed by atoms with Crippen LogP contribution in [0.3, 0.4) is 0 Å². The molecule has 0 amide bonds. The van der Waals surface area contributed by atoms with Crippen LogP contribution in [0.15, 0.2) is 24.6 Å². The van der Waals surface area contributed by atoms with Gasteiger partial charge in [-0.05, 0) is 0 Å². The van der Waals surface area contributed by atoms with E-state index in [-0.39, 0.29) is 5.97 Å². The Morgan fingerprint density at radius 3 is 2.38 bits per heavy atom. The Morgan fingerprint density at radius 1 is 1.75 bits per heavy atom. The number of rotatable bonds is 2. The van der Waals surface area contributed by atoms with Crippen LogP contribution in [0, 0.1) is 0 Å². The third kappa shape index (κ3) is 2.36. The van der Waals surface area contributed by atoms with E-state index in [0.29, 0.717) is 15.4 Å². The van der Waals surface area contributed by atoms with Crippen LogP contribution in [0.1, 0.15) is 0 Å². The highest BCUT2D eigenvalue weighted by Gasteiger charge is 1.96. The van der Waals surface area contributed by atoms with E-state index in [1.165, 1.54) is 0 Å². The van der Waals surface area contributed by atoms with Gasteiger partial charge in [-0.2, -0.15) is 0 Å². The lowest BCUT2D eigenvalue weighted by molar-refractivity contribution is -0.132. The predicted molar refractivity (Wildman–Crippen MR) is 35.4 cm³/mol. The lowest BCUT2D eigenvalue weighted by atomic mass is 10.6. The predicted octanol–water partition coefficient (Wildman–Crippen LogP) is -0.448. The molecule has 0 heterocycles. The Labute approximate surface area is 51.3 Å². The zero-order valence-electron chi connectivity index (χ0n) is 4.81. The highest BCUT2D eigenvalue weighted by atomic mass is 28.1. The minimum atomic E-state index is -0.369. The molecule has 0 aliphatic rings. The Balaban J connectivity index is 3.65. The van der Waals surface area contributed by atoms with Gasteiger partial charge in [0, 0.05) is 15.4 Å². The maximum Gasteiger partial charge on any atom is 0.333 e. The molecule has 0 aromatic rings. The number of esters is 1. The van der Waals surface area contributed by atoms with Gasteiger partial charge in [-0.3, -0.25) is 0 Å². The molecule has 0 saturated carbocycles. The van der Waals surface area contributed by atoms with Crippen molar-refractivity contribution in [3.63, 3.8) is 0 Å². The maximum absolute atomic E-state index is 10.4. The average molecular weight is 128 g/mol. The second-order valence-corrected chi connectivity index (χ2v) is 2.56. The van der Waals surface area contributed by atoms with Gasteiger partial charge in [0.2, 0.25) is 0 Å². The second-order valence-electron chi connectivity index (χ2n) is 1.35. The summed E-state index contributed by atoms with van der Waals surface area (Å²) in [5, 5.41) is 0.518. The molecule has 0 unspecified atom stereocenters. The molecule has 44 valence electrons. The largest absolute Gasteiger partial charge is 0.432 e. The summed E-state index contributed by atoms with van der Waals surface area (Å²) >= 11 is 0. The highest BCUT2D eigenvalue weighted by molar-refractivity contribution is 6.34. The summed E-state index contributed by atoms with van der Waals surface area (Å²) in [6.45, 7) is 6.63. The zero-order chi connectivity index (χ0) is 6.57. The van der Waals surface area contributed by atoms with Gasteiger partial charge >= 0.3 is 5.97 Å². The van der Waals surface area contributed by atoms with Crippen LogP contribution in [0.25, 0.3) is 0 Å². The number of carbonyl (C=O) groups excluding carboxylic acids is 1. The minimum absolute atomic E-state index is 0.369. The van der Waals surface area contributed by atoms with Crippen LogP contribution in [0.5, 0.6) is 0 Å². The zero-order valence-corrected chi connectivity index (χ0v) is 6.81. The fourth-order valence-electron chi connectivity index (χ4n) is 0.176. The highest BCUT2D eigenvalue weighted by Crippen LogP contribution is 1.85. The first-order valence-corrected chi connectivity index (χ1v) is 3.16. The molecule has 0 rings (SSSR count). The summed E-state index contributed by atoms with van der Waals surface area (Å²) in [6, 6.07) is 0. The molecule has 8 heavy (non-hydrogen) atoms. The molecule has 0 N–H and O–H groups in total. The summed E-state index contributed by atoms with van der Waals surface area (Å²) in [6.07, 6.45) is 1.10. The van der Waals surface area contributed by atoms with Crippen molar-refractivity contribution in [2.24, 2.45) is 0 Å². The van der Waals surface area contributed by atoms with E-state index in [9.17, 15) is 4.79 Å². The molecule has 0 saturated heterocycles. The van der Waals surface area contributed by atoms with Crippen molar-refractivity contribution >= 4 is 16.2 Å². The van der Waals surface area contributed by atoms with Crippen molar-refractivity contribution in [3.05, 3.63) is 24.6 Å². The van der Waals surface area contributed by atoms with Crippen molar-refractivity contribution in [2.45, 2.75) is 0 Å². The number of hydrogen-bond acceptors (Lipinski definition) is 2. The Hall–Kier alpha value is -0.833. The topological polar surface area (TPSA) is 26.3 Å². The summed E-state index contributed by atoms with van der Waals surface area (Å²) < 4.78 is 4.36. The van der Waals surface area contributed by atoms with Crippen molar-refractivity contribution in [3.8, 4) is 0 Å². The van der Waals surface area contributed by atoms with E-state index in [2.05, 4.69) is 17.9 Å². The van der Waals surface area contributed by atoms with Crippen LogP contribution in [-0.4, -0.2) is 16.2 Å². The van der Waals surface area contributed by atoms with E-state index in [0.717, 1.165) is 6.26 Å². The van der Waals surface area contributed by atoms with Crippen LogP contribution in [0.2, 0.25) is 0 Å². The number of carbonyl (C=O) groups is 1. The van der Waals surface area contributed by atoms with E-state index in [1.807, 2.05) is 0 Å². The number of ether oxygens (including phenoxy) is 1. The fourth-order valence-corrected chi connectivity index (χ4v) is 0.294. The van der Waals surface area contributed by atoms with E-state index in [1.54, 1.807) is 0 Å². The van der Waals surface area contributed by atoms with Gasteiger partial charge in [0.15, 0.2) is 0 Å². The molecule has 0 aromatic carbocycles. The summed E-state index contributed by atoms with van der Waals surface area (Å²) in [5.74, 6) is -0.369. The molecular weight excluding hydrogens is 120 g/mol. The Morgan fingerprint density at radius 2 is 2.25 bits per heavy atom. The van der Waals surface area contributed by atoms with Crippen molar-refractivity contribution in [2.75, 3.05) is 0 Å². The van der Waals surface area contributed by atoms with Gasteiger partial charge in [-0.1, -0.05) is 13.2 Å². The lowest BCUT2D eigenvalue weighted by Gasteiger charge is -1.92. The van der Waals surface area contributed by atoms with Gasteiger partial charge in [-0.15, -0.1) is 0 Å². The van der Waals surface area contributed by atoms with Crippen LogP contribution >= 0.6 is 0 Å². The smallest absolute Gasteiger partial charge is 0.333 e. The minimum Gasteiger partial charge on any atom is -0.432 e. The first kappa shape index (κ1) is 7.17. The average Bonchev–Trinajstić information content (AvgIpc) is 1.67. The molecule has 0 spiro atoms. The molecule has 0 atom stereocenters. The van der Waals surface area contributed by atoms with Gasteiger partial charge in [0.1, 0.15) is 0 Å². The third-order valence-corrected chi connectivity index (χ3v) is 0.947. The lowest BCUT2D eigenvalue weighted by Crippen LogP contribution is -2.01. The first-order valence-electron chi connectivity index (χ1n) is 2.16. The van der Waals surface area contributed by atoms with Crippen molar-refractivity contribution < 1.29 is 9.53 Å². The van der Waals surface area contributed by atoms with Crippen LogP contribution < -0.4 is 0 Å². The molecule has 2 nitrogen and oxygen atoms in total. The maximum atomic E-state index is 10.4. The molecular formula is C5H8O2Si. The van der Waals surface area contributed by atoms with E-state index >= 15 is 0 Å². The standard InChI is InChI=1S/C5H8O2Si/c1-3-7-5(6)4(2)8/h3H,1-2H2,8H3. The molecule has 0 aromatic heterocycles. The van der Waals surface area contributed by atoms with Crippen molar-refractivity contribution in [1.82, 2.24) is 0 Å². The molecule has 0 bridgehead atoms. The summed E-state index contributed by atoms with van der Waals surface area (Å²) in [5.41, 5.74) is 0. The number of hydrogen-bond donors (Lipinski definition) is 0. The summed E-state index contributed by atoms with van der Waals surface area (Å²) in [7, 11) is 0.650. The molecule has 0 radical (unpaired) electrons. The molecule has 0 aliphatic carbocycles. The SMILES string of the molecule is C=COC(=O)C(=C)[SiH3]. The van der Waals surface area contributed by atoms with Crippen LogP contribution in [-0.2, 0) is 9.53 Å². The molecule has 3 heteroatoms. The quantitative estimate of drug-likeness (QED) is 0.218. The fraction of sp³-hybridized carbons (Fsp3) is 0. The Kier molecular flexibility index (Phi) is 2.87. The third-order valence-electron chi connectivity index (χ3n) is 0.539.